The van der Waals surface area contributed by atoms with Gasteiger partial charge in [-0.1, -0.05) is 18.2 Å². The Hall–Kier alpha value is -1.66. The van der Waals surface area contributed by atoms with Crippen molar-refractivity contribution in [2.24, 2.45) is 5.41 Å². The maximum absolute atomic E-state index is 12.7. The van der Waals surface area contributed by atoms with Crippen LogP contribution >= 0.6 is 12.4 Å². The Morgan fingerprint density at radius 1 is 1.23 bits per heavy atom. The first-order chi connectivity index (χ1) is 10.1. The van der Waals surface area contributed by atoms with Gasteiger partial charge in [0.2, 0.25) is 5.91 Å². The first-order valence-corrected chi connectivity index (χ1v) is 7.35. The van der Waals surface area contributed by atoms with E-state index in [9.17, 15) is 14.9 Å². The van der Waals surface area contributed by atoms with Gasteiger partial charge in [0.05, 0.1) is 16.9 Å². The summed E-state index contributed by atoms with van der Waals surface area (Å²) in [5, 5.41) is 14.4. The van der Waals surface area contributed by atoms with Crippen LogP contribution in [0.15, 0.2) is 24.3 Å². The molecule has 1 aromatic rings. The number of para-hydroxylation sites is 1. The second kappa shape index (κ2) is 6.62. The molecular formula is C15H20ClN3O3. The minimum atomic E-state index is -0.379. The van der Waals surface area contributed by atoms with Crippen molar-refractivity contribution in [2.45, 2.75) is 25.8 Å². The van der Waals surface area contributed by atoms with Gasteiger partial charge in [0.1, 0.15) is 0 Å². The number of nitrogens with one attached hydrogen (secondary N) is 1. The maximum atomic E-state index is 12.7. The summed E-state index contributed by atoms with van der Waals surface area (Å²) in [6, 6.07) is 6.67. The molecule has 3 rings (SSSR count). The molecule has 2 aliphatic heterocycles. The Labute approximate surface area is 135 Å². The second-order valence-electron chi connectivity index (χ2n) is 5.89. The standard InChI is InChI=1S/C15H19N3O3.ClH/c19-14-15(5-8-16-9-6-15)7-10-17(14)11-12-3-1-2-4-13(12)18(20)21;/h1-4,16H,5-11H2;1H. The summed E-state index contributed by atoms with van der Waals surface area (Å²) in [6.07, 6.45) is 2.62. The first kappa shape index (κ1) is 16.7. The van der Waals surface area contributed by atoms with Crippen LogP contribution in [0.1, 0.15) is 24.8 Å². The number of nitrogens with zero attached hydrogens (tertiary/aromatic N) is 2. The molecule has 0 aromatic heterocycles. The van der Waals surface area contributed by atoms with E-state index < -0.39 is 0 Å². The molecule has 2 fully saturated rings. The maximum Gasteiger partial charge on any atom is 0.274 e. The van der Waals surface area contributed by atoms with Gasteiger partial charge in [-0.25, -0.2) is 0 Å². The van der Waals surface area contributed by atoms with Crippen LogP contribution in [-0.2, 0) is 11.3 Å². The summed E-state index contributed by atoms with van der Waals surface area (Å²) in [7, 11) is 0. The number of nitro benzene ring substituents is 1. The molecular weight excluding hydrogens is 306 g/mol. The molecule has 7 heteroatoms. The van der Waals surface area contributed by atoms with E-state index in [-0.39, 0.29) is 34.3 Å². The molecule has 1 spiro atoms. The van der Waals surface area contributed by atoms with Crippen molar-refractivity contribution in [2.75, 3.05) is 19.6 Å². The van der Waals surface area contributed by atoms with Crippen LogP contribution in [0.4, 0.5) is 5.69 Å². The van der Waals surface area contributed by atoms with Crippen molar-refractivity contribution in [3.8, 4) is 0 Å². The lowest BCUT2D eigenvalue weighted by molar-refractivity contribution is -0.385. The summed E-state index contributed by atoms with van der Waals surface area (Å²) in [6.45, 7) is 2.80. The van der Waals surface area contributed by atoms with E-state index in [1.165, 1.54) is 6.07 Å². The van der Waals surface area contributed by atoms with Gasteiger partial charge in [-0.2, -0.15) is 0 Å². The molecule has 22 heavy (non-hydrogen) atoms. The molecule has 1 amide bonds. The fraction of sp³-hybridized carbons (Fsp3) is 0.533. The van der Waals surface area contributed by atoms with E-state index in [1.807, 2.05) is 0 Å². The molecule has 120 valence electrons. The average Bonchev–Trinajstić information content (AvgIpc) is 2.78. The smallest absolute Gasteiger partial charge is 0.274 e. The van der Waals surface area contributed by atoms with Crippen molar-refractivity contribution >= 4 is 24.0 Å². The topological polar surface area (TPSA) is 75.5 Å². The van der Waals surface area contributed by atoms with Gasteiger partial charge in [0.15, 0.2) is 0 Å². The third-order valence-corrected chi connectivity index (χ3v) is 4.71. The Balaban J connectivity index is 0.00000176. The van der Waals surface area contributed by atoms with Crippen molar-refractivity contribution < 1.29 is 9.72 Å². The molecule has 1 N–H and O–H groups in total. The number of nitro groups is 1. The lowest BCUT2D eigenvalue weighted by Gasteiger charge is -2.32. The molecule has 0 saturated carbocycles. The van der Waals surface area contributed by atoms with Crippen molar-refractivity contribution in [1.82, 2.24) is 10.2 Å². The summed E-state index contributed by atoms with van der Waals surface area (Å²) < 4.78 is 0. The molecule has 0 bridgehead atoms. The third kappa shape index (κ3) is 2.94. The zero-order valence-corrected chi connectivity index (χ0v) is 13.1. The largest absolute Gasteiger partial charge is 0.338 e. The van der Waals surface area contributed by atoms with Gasteiger partial charge < -0.3 is 10.2 Å². The van der Waals surface area contributed by atoms with Gasteiger partial charge in [0.25, 0.3) is 5.69 Å². The fourth-order valence-electron chi connectivity index (χ4n) is 3.44. The SMILES string of the molecule is Cl.O=C1N(Cc2ccccc2[N+](=O)[O-])CCC12CCNCC2. The van der Waals surface area contributed by atoms with Crippen LogP contribution in [0.5, 0.6) is 0 Å². The zero-order chi connectivity index (χ0) is 14.9. The predicted octanol–water partition coefficient (Wildman–Crippen LogP) is 2.12. The third-order valence-electron chi connectivity index (χ3n) is 4.71. The van der Waals surface area contributed by atoms with Gasteiger partial charge >= 0.3 is 0 Å². The number of rotatable bonds is 3. The highest BCUT2D eigenvalue weighted by atomic mass is 35.5. The van der Waals surface area contributed by atoms with Gasteiger partial charge in [-0.05, 0) is 32.4 Å². The number of benzene rings is 1. The lowest BCUT2D eigenvalue weighted by Crippen LogP contribution is -2.42. The van der Waals surface area contributed by atoms with Crippen LogP contribution in [0, 0.1) is 15.5 Å². The number of halogens is 1. The Morgan fingerprint density at radius 2 is 1.91 bits per heavy atom. The van der Waals surface area contributed by atoms with E-state index in [1.54, 1.807) is 23.1 Å². The van der Waals surface area contributed by atoms with Gasteiger partial charge in [0, 0.05) is 18.2 Å². The molecule has 1 aromatic carbocycles. The molecule has 2 saturated heterocycles. The molecule has 2 aliphatic rings. The summed E-state index contributed by atoms with van der Waals surface area (Å²) in [5.74, 6) is 0.169. The molecule has 0 unspecified atom stereocenters. The summed E-state index contributed by atoms with van der Waals surface area (Å²) in [5.41, 5.74) is 0.479. The number of piperidine rings is 1. The number of likely N-dealkylation sites (tertiary alicyclic amines) is 1. The number of carbonyl (C=O) groups is 1. The average molecular weight is 326 g/mol. The van der Waals surface area contributed by atoms with Crippen LogP contribution in [-0.4, -0.2) is 35.4 Å². The number of amides is 1. The molecule has 0 atom stereocenters. The number of carbonyl (C=O) groups excluding carboxylic acids is 1. The van der Waals surface area contributed by atoms with Crippen molar-refractivity contribution in [3.63, 3.8) is 0 Å². The Bertz CT molecular complexity index is 573. The van der Waals surface area contributed by atoms with Crippen molar-refractivity contribution in [1.29, 1.82) is 0 Å². The van der Waals surface area contributed by atoms with Crippen LogP contribution in [0.3, 0.4) is 0 Å². The number of hydrogen-bond donors (Lipinski definition) is 1. The highest BCUT2D eigenvalue weighted by molar-refractivity contribution is 5.85. The number of hydrogen-bond acceptors (Lipinski definition) is 4. The van der Waals surface area contributed by atoms with Gasteiger partial charge in [-0.15, -0.1) is 12.4 Å². The van der Waals surface area contributed by atoms with E-state index in [0.29, 0.717) is 18.7 Å². The van der Waals surface area contributed by atoms with Crippen LogP contribution in [0.2, 0.25) is 0 Å². The van der Waals surface area contributed by atoms with E-state index in [0.717, 1.165) is 32.4 Å². The minimum absolute atomic E-state index is 0. The van der Waals surface area contributed by atoms with Crippen LogP contribution < -0.4 is 5.32 Å². The molecule has 0 radical (unpaired) electrons. The molecule has 0 aliphatic carbocycles. The molecule has 2 heterocycles. The zero-order valence-electron chi connectivity index (χ0n) is 12.3. The minimum Gasteiger partial charge on any atom is -0.338 e. The van der Waals surface area contributed by atoms with Crippen molar-refractivity contribution in [3.05, 3.63) is 39.9 Å². The van der Waals surface area contributed by atoms with Crippen LogP contribution in [0.25, 0.3) is 0 Å². The van der Waals surface area contributed by atoms with E-state index in [2.05, 4.69) is 5.32 Å². The normalized spacial score (nSPS) is 20.0. The quantitative estimate of drug-likeness (QED) is 0.682. The van der Waals surface area contributed by atoms with E-state index in [4.69, 9.17) is 0 Å². The summed E-state index contributed by atoms with van der Waals surface area (Å²) >= 11 is 0. The second-order valence-corrected chi connectivity index (χ2v) is 5.89. The highest BCUT2D eigenvalue weighted by Crippen LogP contribution is 2.40. The predicted molar refractivity (Wildman–Crippen MR) is 84.9 cm³/mol. The van der Waals surface area contributed by atoms with Gasteiger partial charge in [-0.3, -0.25) is 14.9 Å². The lowest BCUT2D eigenvalue weighted by atomic mass is 9.78. The fourth-order valence-corrected chi connectivity index (χ4v) is 3.44. The highest BCUT2D eigenvalue weighted by Gasteiger charge is 2.46. The molecule has 6 nitrogen and oxygen atoms in total. The Morgan fingerprint density at radius 3 is 2.59 bits per heavy atom. The van der Waals surface area contributed by atoms with E-state index >= 15 is 0 Å². The first-order valence-electron chi connectivity index (χ1n) is 7.35. The monoisotopic (exact) mass is 325 g/mol. The Kier molecular flexibility index (Phi) is 5.03. The summed E-state index contributed by atoms with van der Waals surface area (Å²) in [4.78, 5) is 25.2.